The average Bonchev–Trinajstić information content (AvgIpc) is 2.93. The van der Waals surface area contributed by atoms with Gasteiger partial charge < -0.3 is 71.0 Å². The Bertz CT molecular complexity index is 1020. The number of hydrogen-bond donors (Lipinski definition) is 14. The van der Waals surface area contributed by atoms with Crippen molar-refractivity contribution in [2.45, 2.75) is 44.9 Å². The van der Waals surface area contributed by atoms with Gasteiger partial charge in [-0.05, 0) is 90.9 Å². The van der Waals surface area contributed by atoms with Crippen LogP contribution in [0.15, 0.2) is 0 Å². The number of rotatable bonds is 34. The van der Waals surface area contributed by atoms with Crippen LogP contribution in [0.1, 0.15) is 44.9 Å². The fourth-order valence-corrected chi connectivity index (χ4v) is 7.79. The number of nitrogens with zero attached hydrogens (tertiary/aromatic N) is 2. The van der Waals surface area contributed by atoms with Gasteiger partial charge in [0, 0.05) is 13.1 Å². The number of unbranched alkanes of at least 4 members (excludes halogenated alkanes) is 2. The van der Waals surface area contributed by atoms with E-state index < -0.39 is 80.4 Å². The molecule has 304 valence electrons. The van der Waals surface area contributed by atoms with Crippen molar-refractivity contribution in [3.05, 3.63) is 0 Å². The summed E-state index contributed by atoms with van der Waals surface area (Å²) < 4.78 is 44.6. The first-order valence-electron chi connectivity index (χ1n) is 16.6. The molecule has 0 saturated heterocycles. The molecule has 51 heavy (non-hydrogen) atoms. The molecule has 0 unspecified atom stereocenters. The molecule has 0 heterocycles. The molecule has 0 fully saturated rings. The van der Waals surface area contributed by atoms with E-state index in [0.717, 1.165) is 81.2 Å². The third-order valence-electron chi connectivity index (χ3n) is 6.60. The van der Waals surface area contributed by atoms with Crippen LogP contribution in [0.5, 0.6) is 0 Å². The van der Waals surface area contributed by atoms with Gasteiger partial charge in [-0.15, -0.1) is 0 Å². The number of carbonyl (C=O) groups excluding carboxylic acids is 2. The average molecular weight is 821 g/mol. The smallest absolute Gasteiger partial charge is 0.339 e. The zero-order chi connectivity index (χ0) is 38.8. The predicted octanol–water partition coefficient (Wildman–Crippen LogP) is -2.55. The summed E-state index contributed by atoms with van der Waals surface area (Å²) in [5, 5.41) is 18.5. The third kappa shape index (κ3) is 38.8. The Morgan fingerprint density at radius 3 is 0.863 bits per heavy atom. The van der Waals surface area contributed by atoms with Gasteiger partial charge in [0.25, 0.3) is 0 Å². The first-order chi connectivity index (χ1) is 23.7. The molecule has 0 aliphatic heterocycles. The lowest BCUT2D eigenvalue weighted by Gasteiger charge is -2.22. The van der Waals surface area contributed by atoms with E-state index in [4.69, 9.17) is 39.1 Å². The first kappa shape index (κ1) is 50.3. The Labute approximate surface area is 299 Å². The summed E-state index contributed by atoms with van der Waals surface area (Å²) in [7, 11) is -18.4. The standard InChI is InChI=1S/C25H60N8O14P4/c34-24(18-32(20-48(36,37)38)21-49(39,40)41)30-16-6-14-28-12-4-10-26-8-2-1-3-9-27-11-5-13-29-15-7-17-31-25(35)19-33(22-50(42,43)44)23-51(45,46)47/h26-29H,1-23H2,(H,30,34)(H,31,35)(H2,36,37,38)(H2,39,40,41)(H2,42,43,44)(H2,45,46,47). The Morgan fingerprint density at radius 2 is 0.608 bits per heavy atom. The number of amides is 2. The lowest BCUT2D eigenvalue weighted by molar-refractivity contribution is -0.122. The summed E-state index contributed by atoms with van der Waals surface area (Å²) in [6.07, 6.45) is 2.62. The van der Waals surface area contributed by atoms with E-state index in [0.29, 0.717) is 39.0 Å². The second-order valence-corrected chi connectivity index (χ2v) is 18.5. The highest BCUT2D eigenvalue weighted by molar-refractivity contribution is 7.53. The van der Waals surface area contributed by atoms with Crippen molar-refractivity contribution >= 4 is 42.2 Å². The predicted molar refractivity (Wildman–Crippen MR) is 191 cm³/mol. The van der Waals surface area contributed by atoms with Crippen molar-refractivity contribution in [1.82, 2.24) is 41.7 Å². The molecule has 0 rings (SSSR count). The van der Waals surface area contributed by atoms with Crippen LogP contribution in [-0.4, -0.2) is 164 Å². The Morgan fingerprint density at radius 1 is 0.373 bits per heavy atom. The second kappa shape index (κ2) is 27.8. The van der Waals surface area contributed by atoms with E-state index in [2.05, 4.69) is 31.9 Å². The SMILES string of the molecule is O=C(CN(CP(=O)(O)O)CP(=O)(O)O)NCCCNCCCNCCCCCNCCCNCCCNC(=O)CN(CP(=O)(O)O)CP(=O)(O)O. The molecule has 0 spiro atoms. The summed E-state index contributed by atoms with van der Waals surface area (Å²) in [5.74, 6) is -1.16. The number of nitrogens with one attached hydrogen (secondary N) is 6. The lowest BCUT2D eigenvalue weighted by atomic mass is 10.2. The third-order valence-corrected chi connectivity index (χ3v) is 9.67. The van der Waals surface area contributed by atoms with Crippen LogP contribution >= 0.6 is 30.4 Å². The number of carbonyl (C=O) groups is 2. The van der Waals surface area contributed by atoms with Crippen LogP contribution in [0.3, 0.4) is 0 Å². The van der Waals surface area contributed by atoms with Gasteiger partial charge in [0.2, 0.25) is 11.8 Å². The fraction of sp³-hybridized carbons (Fsp3) is 0.920. The molecular formula is C25H60N8O14P4. The molecule has 0 aromatic carbocycles. The van der Waals surface area contributed by atoms with Crippen molar-refractivity contribution in [2.75, 3.05) is 104 Å². The van der Waals surface area contributed by atoms with Gasteiger partial charge in [-0.25, -0.2) is 0 Å². The van der Waals surface area contributed by atoms with E-state index in [1.165, 1.54) is 0 Å². The summed E-state index contributed by atoms with van der Waals surface area (Å²) in [6.45, 7) is 6.03. The lowest BCUT2D eigenvalue weighted by Crippen LogP contribution is -2.39. The minimum Gasteiger partial charge on any atom is -0.355 e. The molecule has 0 aromatic rings. The molecule has 0 aromatic heterocycles. The molecule has 14 N–H and O–H groups in total. The van der Waals surface area contributed by atoms with E-state index in [1.807, 2.05) is 0 Å². The molecular weight excluding hydrogens is 760 g/mol. The highest BCUT2D eigenvalue weighted by Crippen LogP contribution is 2.41. The highest BCUT2D eigenvalue weighted by Gasteiger charge is 2.28. The highest BCUT2D eigenvalue weighted by atomic mass is 31.2. The van der Waals surface area contributed by atoms with Crippen molar-refractivity contribution in [1.29, 1.82) is 0 Å². The number of hydrogen-bond acceptors (Lipinski definition) is 12. The van der Waals surface area contributed by atoms with Gasteiger partial charge in [-0.2, -0.15) is 0 Å². The summed E-state index contributed by atoms with van der Waals surface area (Å²) in [5.41, 5.74) is 0. The molecule has 22 nitrogen and oxygen atoms in total. The largest absolute Gasteiger partial charge is 0.355 e. The Balaban J connectivity index is 3.58. The molecule has 0 aliphatic carbocycles. The monoisotopic (exact) mass is 820 g/mol. The van der Waals surface area contributed by atoms with Gasteiger partial charge in [-0.1, -0.05) is 6.42 Å². The van der Waals surface area contributed by atoms with E-state index in [1.54, 1.807) is 0 Å². The zero-order valence-corrected chi connectivity index (χ0v) is 32.6. The Hall–Kier alpha value is -0.700. The van der Waals surface area contributed by atoms with Crippen LogP contribution in [-0.2, 0) is 27.8 Å². The van der Waals surface area contributed by atoms with E-state index in [-0.39, 0.29) is 0 Å². The molecule has 0 atom stereocenters. The van der Waals surface area contributed by atoms with Gasteiger partial charge in [0.15, 0.2) is 0 Å². The minimum atomic E-state index is -4.59. The Kier molecular flexibility index (Phi) is 27.4. The summed E-state index contributed by atoms with van der Waals surface area (Å²) in [4.78, 5) is 97.9. The first-order valence-corrected chi connectivity index (χ1v) is 23.8. The van der Waals surface area contributed by atoms with Crippen LogP contribution in [0, 0.1) is 0 Å². The van der Waals surface area contributed by atoms with Crippen molar-refractivity contribution in [3.8, 4) is 0 Å². The van der Waals surface area contributed by atoms with Gasteiger partial charge in [-0.3, -0.25) is 37.6 Å². The van der Waals surface area contributed by atoms with E-state index >= 15 is 0 Å². The van der Waals surface area contributed by atoms with Gasteiger partial charge in [0.05, 0.1) is 13.1 Å². The maximum absolute atomic E-state index is 12.0. The molecule has 0 radical (unpaired) electrons. The zero-order valence-electron chi connectivity index (χ0n) is 29.0. The van der Waals surface area contributed by atoms with Crippen molar-refractivity contribution in [3.63, 3.8) is 0 Å². The molecule has 2 amide bonds. The second-order valence-electron chi connectivity index (χ2n) is 12.1. The van der Waals surface area contributed by atoms with E-state index in [9.17, 15) is 27.8 Å². The van der Waals surface area contributed by atoms with Gasteiger partial charge >= 0.3 is 30.4 Å². The molecule has 0 saturated carbocycles. The van der Waals surface area contributed by atoms with Crippen LogP contribution < -0.4 is 31.9 Å². The molecule has 26 heteroatoms. The van der Waals surface area contributed by atoms with Crippen molar-refractivity contribution in [2.24, 2.45) is 0 Å². The van der Waals surface area contributed by atoms with Crippen LogP contribution in [0.25, 0.3) is 0 Å². The van der Waals surface area contributed by atoms with Gasteiger partial charge in [0.1, 0.15) is 25.1 Å². The normalized spacial score (nSPS) is 12.9. The fourth-order valence-electron chi connectivity index (χ4n) is 4.59. The topological polar surface area (TPSA) is 343 Å². The van der Waals surface area contributed by atoms with Crippen LogP contribution in [0.2, 0.25) is 0 Å². The summed E-state index contributed by atoms with van der Waals surface area (Å²) >= 11 is 0. The van der Waals surface area contributed by atoms with Crippen molar-refractivity contribution < 1.29 is 67.0 Å². The molecule has 0 bridgehead atoms. The van der Waals surface area contributed by atoms with Crippen LogP contribution in [0.4, 0.5) is 0 Å². The quantitative estimate of drug-likeness (QED) is 0.0235. The molecule has 0 aliphatic rings. The maximum Gasteiger partial charge on any atom is 0.339 e. The summed E-state index contributed by atoms with van der Waals surface area (Å²) in [6, 6.07) is 0. The maximum atomic E-state index is 12.0. The minimum absolute atomic E-state index is 0.309.